The molecule has 0 spiro atoms. The Bertz CT molecular complexity index is 792. The van der Waals surface area contributed by atoms with Gasteiger partial charge < -0.3 is 9.09 Å². The first-order chi connectivity index (χ1) is 10.3. The predicted molar refractivity (Wildman–Crippen MR) is 77.7 cm³/mol. The quantitative estimate of drug-likeness (QED) is 0.901. The maximum absolute atomic E-state index is 12.7. The molecule has 2 aromatic heterocycles. The minimum Gasteiger partial charge on any atom is -0.340 e. The van der Waals surface area contributed by atoms with E-state index < -0.39 is 15.6 Å². The number of imidazole rings is 1. The maximum atomic E-state index is 12.7. The molecule has 22 heavy (non-hydrogen) atoms. The van der Waals surface area contributed by atoms with Gasteiger partial charge in [-0.2, -0.15) is 9.71 Å². The number of aromatic nitrogens is 4. The number of sulfonamides is 1. The van der Waals surface area contributed by atoms with Gasteiger partial charge in [0, 0.05) is 14.0 Å². The van der Waals surface area contributed by atoms with Crippen molar-refractivity contribution in [2.24, 2.45) is 7.05 Å². The van der Waals surface area contributed by atoms with Crippen LogP contribution in [0.5, 0.6) is 0 Å². The van der Waals surface area contributed by atoms with E-state index in [0.717, 1.165) is 12.8 Å². The molecule has 120 valence electrons. The van der Waals surface area contributed by atoms with Crippen molar-refractivity contribution in [3.63, 3.8) is 0 Å². The van der Waals surface area contributed by atoms with Crippen LogP contribution in [-0.4, -0.2) is 28.1 Å². The van der Waals surface area contributed by atoms with Crippen molar-refractivity contribution in [3.8, 4) is 0 Å². The van der Waals surface area contributed by atoms with Gasteiger partial charge in [-0.3, -0.25) is 0 Å². The standard InChI is InChI=1S/C12H16ClN5O3S/c1-8-15-11(16-21-8)12(5-3-4-6-12)17-22(19,20)10-9(13)18(2)7-14-10/h7,17H,3-6H2,1-2H3. The van der Waals surface area contributed by atoms with Crippen molar-refractivity contribution in [3.05, 3.63) is 23.2 Å². The zero-order chi connectivity index (χ0) is 16.0. The van der Waals surface area contributed by atoms with E-state index in [4.69, 9.17) is 16.1 Å². The summed E-state index contributed by atoms with van der Waals surface area (Å²) in [5.41, 5.74) is -0.864. The fraction of sp³-hybridized carbons (Fsp3) is 0.583. The molecule has 10 heteroatoms. The van der Waals surface area contributed by atoms with Crippen LogP contribution >= 0.6 is 11.6 Å². The first kappa shape index (κ1) is 15.4. The summed E-state index contributed by atoms with van der Waals surface area (Å²) in [5, 5.41) is 3.77. The van der Waals surface area contributed by atoms with E-state index in [0.29, 0.717) is 24.6 Å². The molecular formula is C12H16ClN5O3S. The average Bonchev–Trinajstić information content (AvgIpc) is 3.13. The van der Waals surface area contributed by atoms with Crippen LogP contribution in [0.2, 0.25) is 5.15 Å². The third-order valence-electron chi connectivity index (χ3n) is 3.83. The van der Waals surface area contributed by atoms with Crippen molar-refractivity contribution < 1.29 is 12.9 Å². The Hall–Kier alpha value is -1.45. The van der Waals surface area contributed by atoms with Gasteiger partial charge in [-0.1, -0.05) is 29.6 Å². The summed E-state index contributed by atoms with van der Waals surface area (Å²) >= 11 is 6.01. The summed E-state index contributed by atoms with van der Waals surface area (Å²) in [7, 11) is -2.26. The van der Waals surface area contributed by atoms with E-state index in [-0.39, 0.29) is 10.2 Å². The topological polar surface area (TPSA) is 103 Å². The fourth-order valence-electron chi connectivity index (χ4n) is 2.72. The van der Waals surface area contributed by atoms with Crippen LogP contribution in [0.15, 0.2) is 15.9 Å². The Morgan fingerprint density at radius 2 is 2.09 bits per heavy atom. The number of hydrogen-bond donors (Lipinski definition) is 1. The third kappa shape index (κ3) is 2.53. The van der Waals surface area contributed by atoms with E-state index in [1.807, 2.05) is 0 Å². The van der Waals surface area contributed by atoms with Crippen LogP contribution in [0.25, 0.3) is 0 Å². The Labute approximate surface area is 132 Å². The third-order valence-corrected chi connectivity index (χ3v) is 5.86. The molecule has 3 rings (SSSR count). The van der Waals surface area contributed by atoms with Crippen molar-refractivity contribution >= 4 is 21.6 Å². The number of nitrogens with zero attached hydrogens (tertiary/aromatic N) is 4. The molecule has 0 atom stereocenters. The van der Waals surface area contributed by atoms with Crippen molar-refractivity contribution in [2.75, 3.05) is 0 Å². The lowest BCUT2D eigenvalue weighted by atomic mass is 9.99. The van der Waals surface area contributed by atoms with Crippen LogP contribution in [0.3, 0.4) is 0 Å². The van der Waals surface area contributed by atoms with Gasteiger partial charge in [0.1, 0.15) is 5.15 Å². The van der Waals surface area contributed by atoms with Crippen LogP contribution in [0.1, 0.15) is 37.4 Å². The van der Waals surface area contributed by atoms with Crippen LogP contribution in [0.4, 0.5) is 0 Å². The van der Waals surface area contributed by atoms with E-state index >= 15 is 0 Å². The molecule has 8 nitrogen and oxygen atoms in total. The first-order valence-corrected chi connectivity index (χ1v) is 8.72. The van der Waals surface area contributed by atoms with E-state index in [1.165, 1.54) is 10.9 Å². The predicted octanol–water partition coefficient (Wildman–Crippen LogP) is 1.51. The van der Waals surface area contributed by atoms with Gasteiger partial charge in [-0.15, -0.1) is 0 Å². The molecule has 0 saturated heterocycles. The summed E-state index contributed by atoms with van der Waals surface area (Å²) < 4.78 is 34.4. The lowest BCUT2D eigenvalue weighted by molar-refractivity contribution is 0.337. The zero-order valence-electron chi connectivity index (χ0n) is 12.2. The Morgan fingerprint density at radius 1 is 1.41 bits per heavy atom. The summed E-state index contributed by atoms with van der Waals surface area (Å²) in [6.07, 6.45) is 4.33. The van der Waals surface area contributed by atoms with Gasteiger partial charge in [0.05, 0.1) is 11.9 Å². The molecule has 0 aromatic carbocycles. The monoisotopic (exact) mass is 345 g/mol. The highest BCUT2D eigenvalue weighted by molar-refractivity contribution is 7.89. The molecule has 0 amide bonds. The first-order valence-electron chi connectivity index (χ1n) is 6.86. The Balaban J connectivity index is 1.99. The number of hydrogen-bond acceptors (Lipinski definition) is 6. The number of aryl methyl sites for hydroxylation is 2. The van der Waals surface area contributed by atoms with Crippen LogP contribution < -0.4 is 4.72 Å². The summed E-state index contributed by atoms with van der Waals surface area (Å²) in [4.78, 5) is 8.08. The van der Waals surface area contributed by atoms with Gasteiger partial charge in [-0.05, 0) is 12.8 Å². The fourth-order valence-corrected chi connectivity index (χ4v) is 4.58. The number of nitrogens with one attached hydrogen (secondary N) is 1. The minimum absolute atomic E-state index is 0.0601. The Morgan fingerprint density at radius 3 is 2.59 bits per heavy atom. The molecule has 1 fully saturated rings. The molecule has 1 aliphatic carbocycles. The molecule has 0 aliphatic heterocycles. The largest absolute Gasteiger partial charge is 0.340 e. The lowest BCUT2D eigenvalue weighted by Gasteiger charge is -2.25. The number of halogens is 1. The molecule has 0 unspecified atom stereocenters. The molecular weight excluding hydrogens is 330 g/mol. The maximum Gasteiger partial charge on any atom is 0.262 e. The van der Waals surface area contributed by atoms with Gasteiger partial charge in [0.15, 0.2) is 5.82 Å². The summed E-state index contributed by atoms with van der Waals surface area (Å²) in [6.45, 7) is 1.67. The Kier molecular flexibility index (Phi) is 3.74. The van der Waals surface area contributed by atoms with Gasteiger partial charge >= 0.3 is 0 Å². The second kappa shape index (κ2) is 5.32. The van der Waals surface area contributed by atoms with Crippen molar-refractivity contribution in [1.82, 2.24) is 24.4 Å². The molecule has 0 bridgehead atoms. The van der Waals surface area contributed by atoms with E-state index in [9.17, 15) is 8.42 Å². The lowest BCUT2D eigenvalue weighted by Crippen LogP contribution is -2.44. The molecule has 0 radical (unpaired) electrons. The van der Waals surface area contributed by atoms with Gasteiger partial charge in [-0.25, -0.2) is 13.4 Å². The van der Waals surface area contributed by atoms with E-state index in [2.05, 4.69) is 19.8 Å². The number of rotatable bonds is 4. The van der Waals surface area contributed by atoms with Crippen molar-refractivity contribution in [1.29, 1.82) is 0 Å². The molecule has 2 heterocycles. The normalized spacial score (nSPS) is 18.0. The second-order valence-electron chi connectivity index (χ2n) is 5.48. The summed E-state index contributed by atoms with van der Waals surface area (Å²) in [6, 6.07) is 0. The average molecular weight is 346 g/mol. The highest BCUT2D eigenvalue weighted by Crippen LogP contribution is 2.38. The highest BCUT2D eigenvalue weighted by Gasteiger charge is 2.44. The SMILES string of the molecule is Cc1nc(C2(NS(=O)(=O)c3ncn(C)c3Cl)CCCC2)no1. The zero-order valence-corrected chi connectivity index (χ0v) is 13.8. The van der Waals surface area contributed by atoms with Gasteiger partial charge in [0.2, 0.25) is 10.9 Å². The minimum atomic E-state index is -3.89. The van der Waals surface area contributed by atoms with Crippen LogP contribution in [-0.2, 0) is 22.6 Å². The molecule has 1 saturated carbocycles. The second-order valence-corrected chi connectivity index (χ2v) is 7.44. The molecule has 2 aromatic rings. The van der Waals surface area contributed by atoms with Crippen molar-refractivity contribution in [2.45, 2.75) is 43.2 Å². The smallest absolute Gasteiger partial charge is 0.262 e. The molecule has 1 N–H and O–H groups in total. The molecule has 1 aliphatic rings. The van der Waals surface area contributed by atoms with Gasteiger partial charge in [0.25, 0.3) is 10.0 Å². The van der Waals surface area contributed by atoms with Crippen LogP contribution in [0, 0.1) is 6.92 Å². The summed E-state index contributed by atoms with van der Waals surface area (Å²) in [5.74, 6) is 0.759. The van der Waals surface area contributed by atoms with E-state index in [1.54, 1.807) is 14.0 Å². The highest BCUT2D eigenvalue weighted by atomic mass is 35.5.